The van der Waals surface area contributed by atoms with Gasteiger partial charge in [-0.2, -0.15) is 0 Å². The van der Waals surface area contributed by atoms with Gasteiger partial charge in [-0.05, 0) is 43.9 Å². The molecule has 0 aromatic heterocycles. The Labute approximate surface area is 136 Å². The molecule has 1 unspecified atom stereocenters. The molecule has 1 fully saturated rings. The molecule has 2 nitrogen and oxygen atoms in total. The fraction of sp³-hybridized carbons (Fsp3) is 0.667. The number of hydrogen-bond acceptors (Lipinski definition) is 2. The smallest absolute Gasteiger partial charge is 0.125 e. The molecule has 0 spiro atoms. The van der Waals surface area contributed by atoms with Crippen LogP contribution in [-0.4, -0.2) is 13.2 Å². The minimum absolute atomic E-state index is 0.458. The van der Waals surface area contributed by atoms with Gasteiger partial charge in [0.1, 0.15) is 5.75 Å². The molecule has 0 radical (unpaired) electrons. The first-order valence-electron chi connectivity index (χ1n) is 8.48. The molecule has 1 saturated carbocycles. The zero-order chi connectivity index (χ0) is 14.5. The predicted molar refractivity (Wildman–Crippen MR) is 90.8 cm³/mol. The van der Waals surface area contributed by atoms with E-state index in [0.29, 0.717) is 6.04 Å². The molecular formula is C18H26BrNO. The Kier molecular flexibility index (Phi) is 5.59. The lowest BCUT2D eigenvalue weighted by molar-refractivity contribution is 0.312. The van der Waals surface area contributed by atoms with Crippen molar-refractivity contribution in [3.8, 4) is 5.75 Å². The molecule has 1 aliphatic carbocycles. The standard InChI is InChI=1S/C18H26BrNO/c19-15-8-9-16-17(7-4-12-21-18(16)13-15)20-11-10-14-5-2-1-3-6-14/h8-9,13-14,17,20H,1-7,10-12H2. The summed E-state index contributed by atoms with van der Waals surface area (Å²) in [5.41, 5.74) is 1.33. The average molecular weight is 352 g/mol. The van der Waals surface area contributed by atoms with Crippen LogP contribution in [0.5, 0.6) is 5.75 Å². The van der Waals surface area contributed by atoms with Gasteiger partial charge >= 0.3 is 0 Å². The van der Waals surface area contributed by atoms with E-state index in [1.165, 1.54) is 50.5 Å². The Morgan fingerprint density at radius 2 is 1.95 bits per heavy atom. The molecule has 3 heteroatoms. The van der Waals surface area contributed by atoms with E-state index < -0.39 is 0 Å². The maximum absolute atomic E-state index is 5.89. The van der Waals surface area contributed by atoms with Crippen molar-refractivity contribution >= 4 is 15.9 Å². The third-order valence-electron chi connectivity index (χ3n) is 4.91. The monoisotopic (exact) mass is 351 g/mol. The van der Waals surface area contributed by atoms with Crippen LogP contribution in [0.25, 0.3) is 0 Å². The number of ether oxygens (including phenoxy) is 1. The summed E-state index contributed by atoms with van der Waals surface area (Å²) in [4.78, 5) is 0. The minimum Gasteiger partial charge on any atom is -0.493 e. The van der Waals surface area contributed by atoms with Crippen molar-refractivity contribution in [1.82, 2.24) is 5.32 Å². The van der Waals surface area contributed by atoms with E-state index in [0.717, 1.165) is 35.7 Å². The van der Waals surface area contributed by atoms with Gasteiger partial charge in [0.05, 0.1) is 6.61 Å². The SMILES string of the molecule is Brc1ccc2c(c1)OCCCC2NCCC1CCCCC1. The van der Waals surface area contributed by atoms with Crippen LogP contribution in [0.15, 0.2) is 22.7 Å². The highest BCUT2D eigenvalue weighted by molar-refractivity contribution is 9.10. The molecule has 1 N–H and O–H groups in total. The Bertz CT molecular complexity index is 457. The molecule has 3 rings (SSSR count). The lowest BCUT2D eigenvalue weighted by Crippen LogP contribution is -2.24. The van der Waals surface area contributed by atoms with E-state index in [-0.39, 0.29) is 0 Å². The van der Waals surface area contributed by atoms with Crippen LogP contribution in [0, 0.1) is 5.92 Å². The molecule has 116 valence electrons. The summed E-state index contributed by atoms with van der Waals surface area (Å²) in [6.45, 7) is 1.98. The van der Waals surface area contributed by atoms with E-state index in [9.17, 15) is 0 Å². The maximum Gasteiger partial charge on any atom is 0.125 e. The summed E-state index contributed by atoms with van der Waals surface area (Å²) in [6, 6.07) is 6.90. The number of hydrogen-bond donors (Lipinski definition) is 1. The summed E-state index contributed by atoms with van der Waals surface area (Å²) >= 11 is 3.54. The van der Waals surface area contributed by atoms with Crippen molar-refractivity contribution in [3.05, 3.63) is 28.2 Å². The van der Waals surface area contributed by atoms with Crippen LogP contribution in [0.3, 0.4) is 0 Å². The Hall–Kier alpha value is -0.540. The van der Waals surface area contributed by atoms with Gasteiger partial charge in [-0.15, -0.1) is 0 Å². The van der Waals surface area contributed by atoms with Crippen LogP contribution in [0.1, 0.15) is 63.0 Å². The van der Waals surface area contributed by atoms with E-state index >= 15 is 0 Å². The molecule has 2 aliphatic rings. The Morgan fingerprint density at radius 1 is 1.10 bits per heavy atom. The lowest BCUT2D eigenvalue weighted by Gasteiger charge is -2.24. The van der Waals surface area contributed by atoms with Crippen molar-refractivity contribution in [3.63, 3.8) is 0 Å². The number of nitrogens with one attached hydrogen (secondary N) is 1. The Balaban J connectivity index is 1.57. The van der Waals surface area contributed by atoms with Crippen molar-refractivity contribution in [2.45, 2.75) is 57.4 Å². The molecule has 21 heavy (non-hydrogen) atoms. The van der Waals surface area contributed by atoms with Gasteiger partial charge in [0.25, 0.3) is 0 Å². The minimum atomic E-state index is 0.458. The van der Waals surface area contributed by atoms with Crippen molar-refractivity contribution in [2.24, 2.45) is 5.92 Å². The number of fused-ring (bicyclic) bond motifs is 1. The second-order valence-electron chi connectivity index (χ2n) is 6.47. The van der Waals surface area contributed by atoms with Crippen molar-refractivity contribution in [2.75, 3.05) is 13.2 Å². The molecule has 0 saturated heterocycles. The third kappa shape index (κ3) is 4.23. The van der Waals surface area contributed by atoms with Gasteiger partial charge in [0, 0.05) is 16.1 Å². The summed E-state index contributed by atoms with van der Waals surface area (Å²) in [5.74, 6) is 2.01. The van der Waals surface area contributed by atoms with Gasteiger partial charge in [-0.25, -0.2) is 0 Å². The van der Waals surface area contributed by atoms with Crippen LogP contribution < -0.4 is 10.1 Å². The third-order valence-corrected chi connectivity index (χ3v) is 5.41. The predicted octanol–water partition coefficient (Wildman–Crippen LogP) is 5.22. The molecule has 0 bridgehead atoms. The fourth-order valence-electron chi connectivity index (χ4n) is 3.70. The van der Waals surface area contributed by atoms with Crippen LogP contribution in [0.4, 0.5) is 0 Å². The highest BCUT2D eigenvalue weighted by Gasteiger charge is 2.20. The number of halogens is 1. The van der Waals surface area contributed by atoms with Gasteiger partial charge in [-0.1, -0.05) is 54.1 Å². The first-order chi connectivity index (χ1) is 10.3. The first-order valence-corrected chi connectivity index (χ1v) is 9.28. The molecule has 1 aromatic carbocycles. The van der Waals surface area contributed by atoms with Crippen LogP contribution in [-0.2, 0) is 0 Å². The molecule has 1 heterocycles. The van der Waals surface area contributed by atoms with Gasteiger partial charge in [0.2, 0.25) is 0 Å². The summed E-state index contributed by atoms with van der Waals surface area (Å²) in [5, 5.41) is 3.79. The van der Waals surface area contributed by atoms with E-state index in [1.54, 1.807) is 0 Å². The van der Waals surface area contributed by atoms with Gasteiger partial charge < -0.3 is 10.1 Å². The second kappa shape index (κ2) is 7.64. The quantitative estimate of drug-likeness (QED) is 0.802. The summed E-state index contributed by atoms with van der Waals surface area (Å²) in [6.07, 6.45) is 10.9. The highest BCUT2D eigenvalue weighted by Crippen LogP contribution is 2.34. The maximum atomic E-state index is 5.89. The first kappa shape index (κ1) is 15.4. The highest BCUT2D eigenvalue weighted by atomic mass is 79.9. The van der Waals surface area contributed by atoms with Crippen molar-refractivity contribution in [1.29, 1.82) is 0 Å². The molecule has 0 amide bonds. The molecule has 1 aliphatic heterocycles. The number of benzene rings is 1. The topological polar surface area (TPSA) is 21.3 Å². The fourth-order valence-corrected chi connectivity index (χ4v) is 4.04. The molecular weight excluding hydrogens is 326 g/mol. The van der Waals surface area contributed by atoms with Crippen LogP contribution in [0.2, 0.25) is 0 Å². The number of rotatable bonds is 4. The average Bonchev–Trinajstić information content (AvgIpc) is 2.70. The zero-order valence-corrected chi connectivity index (χ0v) is 14.3. The normalized spacial score (nSPS) is 23.2. The summed E-state index contributed by atoms with van der Waals surface area (Å²) in [7, 11) is 0. The summed E-state index contributed by atoms with van der Waals surface area (Å²) < 4.78 is 6.99. The van der Waals surface area contributed by atoms with Gasteiger partial charge in [0.15, 0.2) is 0 Å². The van der Waals surface area contributed by atoms with E-state index in [2.05, 4.69) is 39.4 Å². The van der Waals surface area contributed by atoms with E-state index in [1.807, 2.05) is 0 Å². The molecule has 1 aromatic rings. The van der Waals surface area contributed by atoms with E-state index in [4.69, 9.17) is 4.74 Å². The Morgan fingerprint density at radius 3 is 2.81 bits per heavy atom. The largest absolute Gasteiger partial charge is 0.493 e. The molecule has 1 atom stereocenters. The van der Waals surface area contributed by atoms with Crippen LogP contribution >= 0.6 is 15.9 Å². The second-order valence-corrected chi connectivity index (χ2v) is 7.39. The van der Waals surface area contributed by atoms with Crippen molar-refractivity contribution < 1.29 is 4.74 Å². The van der Waals surface area contributed by atoms with Gasteiger partial charge in [-0.3, -0.25) is 0 Å². The zero-order valence-electron chi connectivity index (χ0n) is 12.7. The lowest BCUT2D eigenvalue weighted by atomic mass is 9.87.